The minimum atomic E-state index is 0.128. The van der Waals surface area contributed by atoms with Crippen LogP contribution < -0.4 is 0 Å². The number of ether oxygens (including phenoxy) is 1. The predicted molar refractivity (Wildman–Crippen MR) is 64.5 cm³/mol. The van der Waals surface area contributed by atoms with Crippen molar-refractivity contribution in [3.8, 4) is 0 Å². The zero-order valence-electron chi connectivity index (χ0n) is 10.5. The maximum absolute atomic E-state index is 11.2. The molecule has 16 heavy (non-hydrogen) atoms. The molecule has 2 nitrogen and oxygen atoms in total. The number of hydrogen-bond donors (Lipinski definition) is 0. The molecule has 2 aliphatic rings. The summed E-state index contributed by atoms with van der Waals surface area (Å²) in [5, 5.41) is 0. The van der Waals surface area contributed by atoms with Gasteiger partial charge in [-0.05, 0) is 19.3 Å². The summed E-state index contributed by atoms with van der Waals surface area (Å²) in [4.78, 5) is 11.2. The van der Waals surface area contributed by atoms with Crippen LogP contribution in [0.2, 0.25) is 0 Å². The number of carbonyl (C=O) groups excluding carboxylic acids is 1. The smallest absolute Gasteiger partial charge is 0.133 e. The molecule has 0 radical (unpaired) electrons. The van der Waals surface area contributed by atoms with Gasteiger partial charge in [0.1, 0.15) is 5.78 Å². The van der Waals surface area contributed by atoms with Gasteiger partial charge in [0.15, 0.2) is 0 Å². The van der Waals surface area contributed by atoms with Gasteiger partial charge in [-0.3, -0.25) is 4.79 Å². The van der Waals surface area contributed by atoms with E-state index in [1.807, 2.05) is 0 Å². The molecule has 2 heteroatoms. The van der Waals surface area contributed by atoms with Gasteiger partial charge in [-0.25, -0.2) is 0 Å². The molecule has 0 amide bonds. The van der Waals surface area contributed by atoms with Crippen molar-refractivity contribution in [2.75, 3.05) is 0 Å². The highest BCUT2D eigenvalue weighted by atomic mass is 16.5. The standard InChI is InChI=1S/C14H24O2/c1-2-3-4-5-6-13-11-14(16-13)9-7-12(15)8-10-14/h13H,2-11H2,1H3/t13-/m0/s1. The van der Waals surface area contributed by atoms with Gasteiger partial charge in [0.25, 0.3) is 0 Å². The maximum Gasteiger partial charge on any atom is 0.133 e. The van der Waals surface area contributed by atoms with Gasteiger partial charge in [-0.15, -0.1) is 0 Å². The summed E-state index contributed by atoms with van der Waals surface area (Å²) in [7, 11) is 0. The van der Waals surface area contributed by atoms with Crippen LogP contribution in [0.1, 0.15) is 71.1 Å². The Bertz CT molecular complexity index is 229. The summed E-state index contributed by atoms with van der Waals surface area (Å²) in [6, 6.07) is 0. The minimum absolute atomic E-state index is 0.128. The Morgan fingerprint density at radius 2 is 1.94 bits per heavy atom. The van der Waals surface area contributed by atoms with Crippen molar-refractivity contribution < 1.29 is 9.53 Å². The molecule has 0 unspecified atom stereocenters. The Hall–Kier alpha value is -0.370. The van der Waals surface area contributed by atoms with E-state index < -0.39 is 0 Å². The molecule has 1 aliphatic heterocycles. The van der Waals surface area contributed by atoms with E-state index in [0.29, 0.717) is 11.9 Å². The molecule has 1 heterocycles. The third-order valence-corrected chi connectivity index (χ3v) is 4.11. The Morgan fingerprint density at radius 1 is 1.25 bits per heavy atom. The first kappa shape index (κ1) is 12.1. The van der Waals surface area contributed by atoms with Crippen molar-refractivity contribution in [3.63, 3.8) is 0 Å². The molecular formula is C14H24O2. The Labute approximate surface area is 98.7 Å². The molecule has 0 aromatic carbocycles. The van der Waals surface area contributed by atoms with E-state index in [9.17, 15) is 4.79 Å². The second-order valence-electron chi connectivity index (χ2n) is 5.52. The zero-order valence-corrected chi connectivity index (χ0v) is 10.5. The van der Waals surface area contributed by atoms with Crippen molar-refractivity contribution in [1.82, 2.24) is 0 Å². The third-order valence-electron chi connectivity index (χ3n) is 4.11. The summed E-state index contributed by atoms with van der Waals surface area (Å²) in [5.41, 5.74) is 0.128. The molecule has 1 atom stereocenters. The largest absolute Gasteiger partial charge is 0.372 e. The van der Waals surface area contributed by atoms with Crippen LogP contribution in [-0.2, 0) is 9.53 Å². The van der Waals surface area contributed by atoms with Gasteiger partial charge in [-0.1, -0.05) is 32.6 Å². The molecule has 2 fully saturated rings. The molecule has 1 saturated heterocycles. The molecule has 0 N–H and O–H groups in total. The lowest BCUT2D eigenvalue weighted by atomic mass is 9.75. The fourth-order valence-corrected chi connectivity index (χ4v) is 3.03. The molecule has 0 aromatic rings. The Morgan fingerprint density at radius 3 is 2.56 bits per heavy atom. The molecule has 92 valence electrons. The summed E-state index contributed by atoms with van der Waals surface area (Å²) in [6.45, 7) is 2.24. The predicted octanol–water partition coefficient (Wildman–Crippen LogP) is 3.63. The van der Waals surface area contributed by atoms with E-state index in [-0.39, 0.29) is 5.60 Å². The number of hydrogen-bond acceptors (Lipinski definition) is 2. The van der Waals surface area contributed by atoms with E-state index >= 15 is 0 Å². The van der Waals surface area contributed by atoms with Gasteiger partial charge in [-0.2, -0.15) is 0 Å². The van der Waals surface area contributed by atoms with Gasteiger partial charge < -0.3 is 4.74 Å². The number of rotatable bonds is 5. The Kier molecular flexibility index (Phi) is 4.01. The highest BCUT2D eigenvalue weighted by molar-refractivity contribution is 5.79. The first-order valence-electron chi connectivity index (χ1n) is 6.94. The van der Waals surface area contributed by atoms with Crippen LogP contribution in [0.15, 0.2) is 0 Å². The number of ketones is 1. The molecule has 2 rings (SSSR count). The van der Waals surface area contributed by atoms with Crippen LogP contribution in [0.5, 0.6) is 0 Å². The maximum atomic E-state index is 11.2. The van der Waals surface area contributed by atoms with E-state index in [1.54, 1.807) is 0 Å². The monoisotopic (exact) mass is 224 g/mol. The summed E-state index contributed by atoms with van der Waals surface area (Å²) in [6.07, 6.45) is 11.7. The number of Topliss-reactive ketones (excluding diaryl/α,β-unsaturated/α-hetero) is 1. The normalized spacial score (nSPS) is 28.1. The van der Waals surface area contributed by atoms with Crippen molar-refractivity contribution in [1.29, 1.82) is 0 Å². The SMILES string of the molecule is CCCCCC[C@H]1CC2(CCC(=O)CC2)O1. The van der Waals surface area contributed by atoms with E-state index in [0.717, 1.165) is 25.7 Å². The van der Waals surface area contributed by atoms with Crippen LogP contribution in [0.4, 0.5) is 0 Å². The fraction of sp³-hybridized carbons (Fsp3) is 0.929. The molecule has 1 saturated carbocycles. The van der Waals surface area contributed by atoms with E-state index in [1.165, 1.54) is 38.5 Å². The molecule has 1 aliphatic carbocycles. The van der Waals surface area contributed by atoms with E-state index in [4.69, 9.17) is 4.74 Å². The van der Waals surface area contributed by atoms with Crippen molar-refractivity contribution in [3.05, 3.63) is 0 Å². The minimum Gasteiger partial charge on any atom is -0.372 e. The number of carbonyl (C=O) groups is 1. The molecular weight excluding hydrogens is 200 g/mol. The second-order valence-corrected chi connectivity index (χ2v) is 5.52. The summed E-state index contributed by atoms with van der Waals surface area (Å²) in [5.74, 6) is 0.431. The first-order chi connectivity index (χ1) is 7.74. The summed E-state index contributed by atoms with van der Waals surface area (Å²) < 4.78 is 6.04. The third kappa shape index (κ3) is 2.85. The van der Waals surface area contributed by atoms with Crippen LogP contribution in [0, 0.1) is 0 Å². The van der Waals surface area contributed by atoms with Gasteiger partial charge in [0, 0.05) is 19.3 Å². The Balaban J connectivity index is 1.60. The van der Waals surface area contributed by atoms with E-state index in [2.05, 4.69) is 6.92 Å². The van der Waals surface area contributed by atoms with Gasteiger partial charge in [0.2, 0.25) is 0 Å². The van der Waals surface area contributed by atoms with Crippen molar-refractivity contribution in [2.45, 2.75) is 82.8 Å². The quantitative estimate of drug-likeness (QED) is 0.667. The second kappa shape index (κ2) is 5.31. The van der Waals surface area contributed by atoms with Crippen LogP contribution in [0.3, 0.4) is 0 Å². The fourth-order valence-electron chi connectivity index (χ4n) is 3.03. The summed E-state index contributed by atoms with van der Waals surface area (Å²) >= 11 is 0. The van der Waals surface area contributed by atoms with Crippen molar-refractivity contribution >= 4 is 5.78 Å². The lowest BCUT2D eigenvalue weighted by Gasteiger charge is -2.50. The highest BCUT2D eigenvalue weighted by Crippen LogP contribution is 2.44. The lowest BCUT2D eigenvalue weighted by Crippen LogP contribution is -2.52. The first-order valence-corrected chi connectivity index (χ1v) is 6.94. The molecule has 0 bridgehead atoms. The highest BCUT2D eigenvalue weighted by Gasteiger charge is 2.46. The average molecular weight is 224 g/mol. The van der Waals surface area contributed by atoms with Gasteiger partial charge >= 0.3 is 0 Å². The number of unbranched alkanes of at least 4 members (excludes halogenated alkanes) is 3. The molecule has 1 spiro atoms. The van der Waals surface area contributed by atoms with Gasteiger partial charge in [0.05, 0.1) is 11.7 Å². The lowest BCUT2D eigenvalue weighted by molar-refractivity contribution is -0.221. The van der Waals surface area contributed by atoms with Crippen LogP contribution >= 0.6 is 0 Å². The van der Waals surface area contributed by atoms with Crippen LogP contribution in [-0.4, -0.2) is 17.5 Å². The molecule has 0 aromatic heterocycles. The topological polar surface area (TPSA) is 26.3 Å². The average Bonchev–Trinajstić information content (AvgIpc) is 2.24. The van der Waals surface area contributed by atoms with Crippen molar-refractivity contribution in [2.24, 2.45) is 0 Å². The van der Waals surface area contributed by atoms with Crippen LogP contribution in [0.25, 0.3) is 0 Å². The zero-order chi connectivity index (χ0) is 11.4.